The Morgan fingerprint density at radius 2 is 2.05 bits per heavy atom. The first-order valence-electron chi connectivity index (χ1n) is 7.63. The first-order chi connectivity index (χ1) is 10.3. The van der Waals surface area contributed by atoms with Crippen molar-refractivity contribution < 1.29 is 14.3 Å². The summed E-state index contributed by atoms with van der Waals surface area (Å²) in [6, 6.07) is 6.11. The first-order valence-corrected chi connectivity index (χ1v) is 7.63. The molecule has 0 saturated heterocycles. The van der Waals surface area contributed by atoms with E-state index in [0.717, 1.165) is 18.5 Å². The number of anilines is 1. The Kier molecular flexibility index (Phi) is 4.74. The number of nitrogens with zero attached hydrogens (tertiary/aromatic N) is 1. The second-order valence-electron chi connectivity index (χ2n) is 6.64. The lowest BCUT2D eigenvalue weighted by atomic mass is 9.99. The number of carbonyl (C=O) groups is 2. The maximum Gasteiger partial charge on any atom is 0.408 e. The van der Waals surface area contributed by atoms with Gasteiger partial charge in [-0.25, -0.2) is 4.79 Å². The van der Waals surface area contributed by atoms with Gasteiger partial charge in [-0.05, 0) is 52.2 Å². The Hall–Kier alpha value is -2.04. The van der Waals surface area contributed by atoms with E-state index < -0.39 is 11.7 Å². The van der Waals surface area contributed by atoms with Gasteiger partial charge in [0.2, 0.25) is 5.91 Å². The van der Waals surface area contributed by atoms with Gasteiger partial charge >= 0.3 is 6.09 Å². The Bertz CT molecular complexity index is 576. The van der Waals surface area contributed by atoms with Crippen LogP contribution >= 0.6 is 0 Å². The molecule has 0 bridgehead atoms. The molecule has 1 aliphatic heterocycles. The predicted molar refractivity (Wildman–Crippen MR) is 86.1 cm³/mol. The molecular formula is C17H24N2O3. The summed E-state index contributed by atoms with van der Waals surface area (Å²) < 4.78 is 5.14. The molecule has 2 rings (SSSR count). The van der Waals surface area contributed by atoms with Crippen LogP contribution in [0.1, 0.15) is 38.3 Å². The van der Waals surface area contributed by atoms with Gasteiger partial charge in [0.25, 0.3) is 0 Å². The highest BCUT2D eigenvalue weighted by atomic mass is 16.6. The number of nitrogens with one attached hydrogen (secondary N) is 1. The van der Waals surface area contributed by atoms with Crippen LogP contribution in [0.15, 0.2) is 18.2 Å². The third-order valence-electron chi connectivity index (χ3n) is 3.44. The standard InChI is InChI=1S/C17H24N2O3/c1-12-7-8-14-13(10-12)6-5-9-19(14)15(20)11-18-16(21)22-17(2,3)4/h7-8,10H,5-6,9,11H2,1-4H3,(H,18,21). The quantitative estimate of drug-likeness (QED) is 0.914. The van der Waals surface area contributed by atoms with E-state index in [-0.39, 0.29) is 12.5 Å². The van der Waals surface area contributed by atoms with Crippen molar-refractivity contribution in [3.05, 3.63) is 29.3 Å². The summed E-state index contributed by atoms with van der Waals surface area (Å²) in [4.78, 5) is 25.7. The molecule has 0 aromatic heterocycles. The lowest BCUT2D eigenvalue weighted by molar-refractivity contribution is -0.117. The number of ether oxygens (including phenoxy) is 1. The molecular weight excluding hydrogens is 280 g/mol. The van der Waals surface area contributed by atoms with Crippen LogP contribution in [0.3, 0.4) is 0 Å². The Balaban J connectivity index is 1.98. The average Bonchev–Trinajstić information content (AvgIpc) is 2.42. The van der Waals surface area contributed by atoms with Gasteiger partial charge < -0.3 is 15.0 Å². The molecule has 0 spiro atoms. The number of hydrogen-bond acceptors (Lipinski definition) is 3. The summed E-state index contributed by atoms with van der Waals surface area (Å²) in [5, 5.41) is 2.53. The van der Waals surface area contributed by atoms with E-state index in [1.807, 2.05) is 19.1 Å². The van der Waals surface area contributed by atoms with Crippen molar-refractivity contribution >= 4 is 17.7 Å². The fourth-order valence-electron chi connectivity index (χ4n) is 2.54. The fraction of sp³-hybridized carbons (Fsp3) is 0.529. The molecule has 0 saturated carbocycles. The molecule has 0 unspecified atom stereocenters. The zero-order valence-corrected chi connectivity index (χ0v) is 13.7. The summed E-state index contributed by atoms with van der Waals surface area (Å²) in [7, 11) is 0. The van der Waals surface area contributed by atoms with Crippen molar-refractivity contribution in [2.45, 2.75) is 46.1 Å². The predicted octanol–water partition coefficient (Wildman–Crippen LogP) is 2.80. The lowest BCUT2D eigenvalue weighted by Gasteiger charge is -2.30. The van der Waals surface area contributed by atoms with Gasteiger partial charge in [-0.1, -0.05) is 17.7 Å². The Morgan fingerprint density at radius 1 is 1.32 bits per heavy atom. The zero-order chi connectivity index (χ0) is 16.3. The first kappa shape index (κ1) is 16.3. The monoisotopic (exact) mass is 304 g/mol. The second-order valence-corrected chi connectivity index (χ2v) is 6.64. The molecule has 0 aliphatic carbocycles. The molecule has 5 nitrogen and oxygen atoms in total. The smallest absolute Gasteiger partial charge is 0.408 e. The van der Waals surface area contributed by atoms with E-state index in [0.29, 0.717) is 6.54 Å². The van der Waals surface area contributed by atoms with Crippen LogP contribution in [-0.2, 0) is 16.0 Å². The molecule has 0 atom stereocenters. The fourth-order valence-corrected chi connectivity index (χ4v) is 2.54. The minimum absolute atomic E-state index is 0.0533. The van der Waals surface area contributed by atoms with E-state index in [2.05, 4.69) is 11.4 Å². The summed E-state index contributed by atoms with van der Waals surface area (Å²) in [6.07, 6.45) is 1.36. The van der Waals surface area contributed by atoms with Gasteiger partial charge in [0, 0.05) is 12.2 Å². The summed E-state index contributed by atoms with van der Waals surface area (Å²) in [5.74, 6) is -0.115. The van der Waals surface area contributed by atoms with Crippen LogP contribution in [0, 0.1) is 6.92 Å². The van der Waals surface area contributed by atoms with Crippen LogP contribution in [0.5, 0.6) is 0 Å². The molecule has 2 amide bonds. The van der Waals surface area contributed by atoms with Crippen molar-refractivity contribution in [1.82, 2.24) is 5.32 Å². The van der Waals surface area contributed by atoms with Gasteiger partial charge in [-0.2, -0.15) is 0 Å². The van der Waals surface area contributed by atoms with Crippen LogP contribution < -0.4 is 10.2 Å². The van der Waals surface area contributed by atoms with Gasteiger partial charge in [0.1, 0.15) is 12.1 Å². The Morgan fingerprint density at radius 3 is 2.73 bits per heavy atom. The molecule has 0 fully saturated rings. The van der Waals surface area contributed by atoms with Crippen molar-refractivity contribution in [3.63, 3.8) is 0 Å². The number of benzene rings is 1. The van der Waals surface area contributed by atoms with Crippen molar-refractivity contribution in [1.29, 1.82) is 0 Å². The average molecular weight is 304 g/mol. The van der Waals surface area contributed by atoms with E-state index >= 15 is 0 Å². The molecule has 0 radical (unpaired) electrons. The molecule has 1 N–H and O–H groups in total. The normalized spacial score (nSPS) is 14.3. The summed E-state index contributed by atoms with van der Waals surface area (Å²) in [5.41, 5.74) is 2.77. The number of amides is 2. The highest BCUT2D eigenvalue weighted by molar-refractivity contribution is 5.97. The van der Waals surface area contributed by atoms with Gasteiger partial charge in [0.05, 0.1) is 0 Å². The number of carbonyl (C=O) groups excluding carboxylic acids is 2. The van der Waals surface area contributed by atoms with E-state index in [9.17, 15) is 9.59 Å². The number of hydrogen-bond donors (Lipinski definition) is 1. The third-order valence-corrected chi connectivity index (χ3v) is 3.44. The van der Waals surface area contributed by atoms with E-state index in [4.69, 9.17) is 4.74 Å². The highest BCUT2D eigenvalue weighted by Gasteiger charge is 2.23. The van der Waals surface area contributed by atoms with Crippen molar-refractivity contribution in [2.24, 2.45) is 0 Å². The zero-order valence-electron chi connectivity index (χ0n) is 13.7. The summed E-state index contributed by atoms with van der Waals surface area (Å²) >= 11 is 0. The number of alkyl carbamates (subject to hydrolysis) is 1. The molecule has 22 heavy (non-hydrogen) atoms. The van der Waals surface area contributed by atoms with Crippen LogP contribution in [0.25, 0.3) is 0 Å². The SMILES string of the molecule is Cc1ccc2c(c1)CCCN2C(=O)CNC(=O)OC(C)(C)C. The molecule has 5 heteroatoms. The van der Waals surface area contributed by atoms with Gasteiger partial charge in [-0.3, -0.25) is 4.79 Å². The van der Waals surface area contributed by atoms with E-state index in [1.54, 1.807) is 25.7 Å². The number of fused-ring (bicyclic) bond motifs is 1. The van der Waals surface area contributed by atoms with Gasteiger partial charge in [-0.15, -0.1) is 0 Å². The second kappa shape index (κ2) is 6.38. The molecule has 1 aromatic rings. The highest BCUT2D eigenvalue weighted by Crippen LogP contribution is 2.27. The van der Waals surface area contributed by atoms with Crippen molar-refractivity contribution in [2.75, 3.05) is 18.0 Å². The van der Waals surface area contributed by atoms with Gasteiger partial charge in [0.15, 0.2) is 0 Å². The topological polar surface area (TPSA) is 58.6 Å². The Labute approximate surface area is 131 Å². The van der Waals surface area contributed by atoms with Crippen LogP contribution in [0.4, 0.5) is 10.5 Å². The third kappa shape index (κ3) is 4.23. The largest absolute Gasteiger partial charge is 0.444 e. The van der Waals surface area contributed by atoms with Crippen molar-refractivity contribution in [3.8, 4) is 0 Å². The summed E-state index contributed by atoms with van der Waals surface area (Å²) in [6.45, 7) is 8.05. The molecule has 1 aliphatic rings. The van der Waals surface area contributed by atoms with Crippen LogP contribution in [0.2, 0.25) is 0 Å². The maximum atomic E-state index is 12.4. The van der Waals surface area contributed by atoms with E-state index in [1.165, 1.54) is 11.1 Å². The number of aryl methyl sites for hydroxylation is 2. The minimum atomic E-state index is -0.568. The van der Waals surface area contributed by atoms with Crippen LogP contribution in [-0.4, -0.2) is 30.7 Å². The lowest BCUT2D eigenvalue weighted by Crippen LogP contribution is -2.43. The maximum absolute atomic E-state index is 12.4. The number of rotatable bonds is 2. The minimum Gasteiger partial charge on any atom is -0.444 e. The molecule has 1 heterocycles. The molecule has 120 valence electrons. The molecule has 1 aromatic carbocycles.